The normalized spacial score (nSPS) is 29.2. The summed E-state index contributed by atoms with van der Waals surface area (Å²) in [5.74, 6) is 0.0144. The van der Waals surface area contributed by atoms with E-state index in [9.17, 15) is 19.2 Å². The zero-order valence-corrected chi connectivity index (χ0v) is 39.2. The second-order valence-corrected chi connectivity index (χ2v) is 18.2. The van der Waals surface area contributed by atoms with Crippen molar-refractivity contribution in [2.45, 2.75) is 109 Å². The molecule has 0 fully saturated rings. The first kappa shape index (κ1) is 19.2. The highest BCUT2D eigenvalue weighted by Crippen LogP contribution is 2.50. The summed E-state index contributed by atoms with van der Waals surface area (Å²) in [5.41, 5.74) is -32.9. The Kier molecular flexibility index (Phi) is 4.43. The molecule has 2 aliphatic rings. The molecule has 3 heterocycles. The number of hydrogen-bond donors (Lipinski definition) is 0. The number of hydrogen-bond acceptors (Lipinski definition) is 2. The highest BCUT2D eigenvalue weighted by atomic mass is 16.5. The maximum Gasteiger partial charge on any atom is 0.269 e. The molecule has 2 aliphatic carbocycles. The number of fused-ring (bicyclic) bond motifs is 6. The Labute approximate surface area is 512 Å². The van der Waals surface area contributed by atoms with Gasteiger partial charge >= 0.3 is 0 Å². The molecule has 3 aromatic heterocycles. The Morgan fingerprint density at radius 2 is 1.16 bits per heavy atom. The molecule has 0 spiro atoms. The van der Waals surface area contributed by atoms with Gasteiger partial charge in [0, 0.05) is 76.6 Å². The molecule has 13 rings (SSSR count). The van der Waals surface area contributed by atoms with Gasteiger partial charge in [-0.3, -0.25) is 13.7 Å². The molecule has 76 heavy (non-hydrogen) atoms. The molecule has 0 N–H and O–H groups in total. The van der Waals surface area contributed by atoms with E-state index in [0.29, 0.717) is 21.8 Å². The maximum absolute atomic E-state index is 10.4. The fourth-order valence-corrected chi connectivity index (χ4v) is 9.67. The Morgan fingerprint density at radius 1 is 0.553 bits per heavy atom. The van der Waals surface area contributed by atoms with Crippen molar-refractivity contribution in [1.82, 2.24) is 14.1 Å². The van der Waals surface area contributed by atoms with Crippen molar-refractivity contribution < 1.29 is 72.4 Å². The van der Waals surface area contributed by atoms with Crippen molar-refractivity contribution in [3.63, 3.8) is 0 Å². The van der Waals surface area contributed by atoms with Crippen LogP contribution >= 0.6 is 0 Å². The summed E-state index contributed by atoms with van der Waals surface area (Å²) in [6, 6.07) is 12.3. The molecule has 0 saturated carbocycles. The minimum atomic E-state index is -4.89. The average molecular weight is 1040 g/mol. The minimum Gasteiger partial charge on any atom is -0.458 e. The van der Waals surface area contributed by atoms with Gasteiger partial charge in [0.2, 0.25) is 0 Å². The van der Waals surface area contributed by atoms with Crippen LogP contribution in [0.1, 0.15) is 171 Å². The summed E-state index contributed by atoms with van der Waals surface area (Å²) < 4.78 is 431. The number of aromatic nitrogens is 4. The Hall–Kier alpha value is -8.02. The van der Waals surface area contributed by atoms with Gasteiger partial charge in [0.15, 0.2) is 0 Å². The lowest BCUT2D eigenvalue weighted by atomic mass is 9.62. The van der Waals surface area contributed by atoms with Gasteiger partial charge in [0.1, 0.15) is 17.3 Å². The standard InChI is InChI=1S/C71H66N4O/c1-46-39-66(72-44-57(46)47-19-11-10-12-20-47)75-62-26-14-13-23-55(62)56-32-31-52(43-65(56)75)76-51-22-17-21-50(42-51)73-45-74(64-28-16-15-27-63(64)73)67-53(48-29-33-58-60(40-48)70(6,7)37-35-68(58,2)3)24-18-25-54(67)49-30-34-59-61(41-49)71(8,9)38-36-69(59,4)5/h10-34,39-44H,35-38H2,1-9H3/i1D3,2D3,3D3,4D3,5D3,6D3,7D3,8D3,9D3,10D,11D,12D,19D,20D,29D,30D,33D,34D,35D2,36D2,37D2,38D2,40D,41D. The smallest absolute Gasteiger partial charge is 0.269 e. The summed E-state index contributed by atoms with van der Waals surface area (Å²) in [4.78, 5) is 4.62. The van der Waals surface area contributed by atoms with E-state index in [1.54, 1.807) is 47.0 Å². The SMILES string of the molecule is [2H]c1c([2H])c([2H])c(-c2cnc(-n3c4ccccc4c4ccc(Oc5cccc(-n6[c-][n+](-c7c(-c8c([2H])c([2H])c9c(c8[2H])C(C([2H])([2H])[2H])(C([2H])([2H])[2H])C([2H])([2H])C([2H])([2H])C9(C([2H])([2H])[2H])C([2H])([2H])[2H])cccc7-c7c([2H])c([2H])c8c(c7[2H])C(C([2H])([2H])[2H])(C([2H])([2H])[2H])C([2H])([2H])C([2H])([2H])C8(C([2H])([2H])[2H])C([2H])([2H])[2H])c7ccccc76)c5)cc43)cc2C([2H])([2H])[2H])c([2H])c1[2H]. The van der Waals surface area contributed by atoms with Crippen LogP contribution in [0.25, 0.3) is 83.4 Å². The van der Waals surface area contributed by atoms with Crippen LogP contribution in [-0.2, 0) is 21.7 Å². The molecule has 0 aliphatic heterocycles. The molecule has 11 aromatic rings. The van der Waals surface area contributed by atoms with Crippen molar-refractivity contribution in [3.8, 4) is 62.1 Å². The van der Waals surface area contributed by atoms with E-state index in [-0.39, 0.29) is 39.6 Å². The highest BCUT2D eigenvalue weighted by Gasteiger charge is 2.39. The molecular weight excluding hydrogens is 925 g/mol. The lowest BCUT2D eigenvalue weighted by Gasteiger charge is -2.42. The highest BCUT2D eigenvalue weighted by molar-refractivity contribution is 6.09. The lowest BCUT2D eigenvalue weighted by Crippen LogP contribution is -2.34. The van der Waals surface area contributed by atoms with Crippen LogP contribution in [0.15, 0.2) is 188 Å². The summed E-state index contributed by atoms with van der Waals surface area (Å²) in [6.07, 6.45) is -15.3. The van der Waals surface area contributed by atoms with Crippen LogP contribution in [0.5, 0.6) is 11.5 Å². The van der Waals surface area contributed by atoms with E-state index in [2.05, 4.69) is 11.3 Å². The second-order valence-electron chi connectivity index (χ2n) is 18.2. The first-order chi connectivity index (χ1) is 55.4. The fourth-order valence-electron chi connectivity index (χ4n) is 9.67. The molecule has 8 aromatic carbocycles. The van der Waals surface area contributed by atoms with Crippen molar-refractivity contribution in [2.75, 3.05) is 0 Å². The van der Waals surface area contributed by atoms with Crippen LogP contribution in [0.2, 0.25) is 0 Å². The van der Waals surface area contributed by atoms with Crippen molar-refractivity contribution in [2.24, 2.45) is 0 Å². The fraction of sp³-hybridized carbons (Fsp3) is 0.239. The zero-order chi connectivity index (χ0) is 91.5. The second kappa shape index (κ2) is 17.5. The molecule has 0 radical (unpaired) electrons. The number of aryl methyl sites for hydroxylation is 1. The number of benzene rings is 8. The third-order valence-corrected chi connectivity index (χ3v) is 13.2. The summed E-state index contributed by atoms with van der Waals surface area (Å²) in [6.45, 7) is -39.7. The molecule has 5 heteroatoms. The van der Waals surface area contributed by atoms with E-state index in [1.165, 1.54) is 59.2 Å². The molecule has 0 unspecified atom stereocenters. The first-order valence-corrected chi connectivity index (χ1v) is 23.2. The Morgan fingerprint density at radius 3 is 1.83 bits per heavy atom. The van der Waals surface area contributed by atoms with Gasteiger partial charge in [-0.1, -0.05) is 188 Å². The third-order valence-electron chi connectivity index (χ3n) is 13.2. The van der Waals surface area contributed by atoms with Crippen molar-refractivity contribution in [1.29, 1.82) is 0 Å². The van der Waals surface area contributed by atoms with E-state index in [4.69, 9.17) is 48.6 Å². The van der Waals surface area contributed by atoms with E-state index in [1.807, 2.05) is 0 Å². The van der Waals surface area contributed by atoms with Crippen LogP contribution in [-0.4, -0.2) is 14.1 Å². The summed E-state index contributed by atoms with van der Waals surface area (Å²) in [7, 11) is 0. The van der Waals surface area contributed by atoms with Crippen LogP contribution < -0.4 is 9.30 Å². The summed E-state index contributed by atoms with van der Waals surface area (Å²) in [5, 5.41) is 1.16. The van der Waals surface area contributed by atoms with Crippen LogP contribution in [0.4, 0.5) is 0 Å². The number of imidazole rings is 1. The number of rotatable bonds is 8. The third kappa shape index (κ3) is 7.88. The van der Waals surface area contributed by atoms with Gasteiger partial charge in [-0.25, -0.2) is 4.98 Å². The van der Waals surface area contributed by atoms with Crippen molar-refractivity contribution >= 4 is 32.8 Å². The van der Waals surface area contributed by atoms with Crippen molar-refractivity contribution in [3.05, 3.63) is 222 Å². The number of pyridine rings is 1. The predicted octanol–water partition coefficient (Wildman–Crippen LogP) is 18.0. The molecule has 0 atom stereocenters. The largest absolute Gasteiger partial charge is 0.458 e. The quantitative estimate of drug-likeness (QED) is 0.112. The number of nitrogens with zero attached hydrogens (tertiary/aromatic N) is 4. The van der Waals surface area contributed by atoms with Gasteiger partial charge in [-0.15, -0.1) is 0 Å². The molecule has 376 valence electrons. The van der Waals surface area contributed by atoms with E-state index < -0.39 is 237 Å². The Balaban J connectivity index is 1.14. The molecular formula is C71H66N4O. The van der Waals surface area contributed by atoms with E-state index >= 15 is 0 Å². The number of ether oxygens (including phenoxy) is 1. The van der Waals surface area contributed by atoms with Gasteiger partial charge in [-0.05, 0) is 152 Å². The molecule has 0 bridgehead atoms. The zero-order valence-electron chi connectivity index (χ0n) is 85.2. The number of para-hydroxylation sites is 4. The predicted molar refractivity (Wildman–Crippen MR) is 314 cm³/mol. The Bertz CT molecular complexity index is 5940. The average Bonchev–Trinajstić information content (AvgIpc) is 0.690. The van der Waals surface area contributed by atoms with Gasteiger partial charge in [0.05, 0.1) is 48.5 Å². The lowest BCUT2D eigenvalue weighted by molar-refractivity contribution is -0.571. The monoisotopic (exact) mass is 1040 g/mol. The molecule has 0 amide bonds. The van der Waals surface area contributed by atoms with Crippen LogP contribution in [0, 0.1) is 13.2 Å². The van der Waals surface area contributed by atoms with Gasteiger partial charge in [-0.2, -0.15) is 0 Å². The maximum atomic E-state index is 10.4. The molecule has 0 saturated heterocycles. The minimum absolute atomic E-state index is 0.00562. The summed E-state index contributed by atoms with van der Waals surface area (Å²) >= 11 is 0. The van der Waals surface area contributed by atoms with Gasteiger partial charge < -0.3 is 4.74 Å². The first-order valence-electron chi connectivity index (χ1n) is 46.2. The van der Waals surface area contributed by atoms with Gasteiger partial charge in [0.25, 0.3) is 6.33 Å². The topological polar surface area (TPSA) is 35.9 Å². The van der Waals surface area contributed by atoms with Crippen LogP contribution in [0.3, 0.4) is 0 Å². The van der Waals surface area contributed by atoms with E-state index in [0.717, 1.165) is 29.0 Å². The molecule has 5 nitrogen and oxygen atoms in total.